The Hall–Kier alpha value is -3.50. The number of nitrogens with one attached hydrogen (secondary N) is 6. The smallest absolute Gasteiger partial charge is 0.245 e. The molecule has 20 heteroatoms. The highest BCUT2D eigenvalue weighted by Crippen LogP contribution is 2.70. The molecule has 0 spiro atoms. The first-order chi connectivity index (χ1) is 47.5. The number of fused-ring (bicyclic) bond motifs is 10. The fourth-order valence-corrected chi connectivity index (χ4v) is 22.2. The molecule has 8 aliphatic carbocycles. The van der Waals surface area contributed by atoms with Gasteiger partial charge in [0.25, 0.3) is 0 Å². The third-order valence-electron chi connectivity index (χ3n) is 27.7. The van der Waals surface area contributed by atoms with E-state index in [1.165, 1.54) is 32.1 Å². The largest absolute Gasteiger partial charge is 0.393 e. The number of aliphatic hydroxyl groups is 4. The summed E-state index contributed by atoms with van der Waals surface area (Å²) in [6.45, 7) is 20.2. The van der Waals surface area contributed by atoms with Crippen LogP contribution in [-0.4, -0.2) is 172 Å². The van der Waals surface area contributed by atoms with Crippen LogP contribution in [-0.2, 0) is 47.7 Å². The molecular formula is C79H138N6O14. The number of carbonyl (C=O) groups is 6. The first kappa shape index (κ1) is 81.2. The molecule has 8 rings (SSSR count). The molecule has 10 N–H and O–H groups in total. The molecule has 8 fully saturated rings. The van der Waals surface area contributed by atoms with Crippen molar-refractivity contribution in [1.82, 2.24) is 31.9 Å². The summed E-state index contributed by atoms with van der Waals surface area (Å²) in [5, 5.41) is 61.9. The Balaban J connectivity index is 0.610. The second-order valence-corrected chi connectivity index (χ2v) is 33.9. The number of aliphatic hydroxyl groups excluding tert-OH is 4. The van der Waals surface area contributed by atoms with Gasteiger partial charge < -0.3 is 71.3 Å². The lowest BCUT2D eigenvalue weighted by molar-refractivity contribution is -0.174. The van der Waals surface area contributed by atoms with Crippen molar-refractivity contribution in [3.8, 4) is 0 Å². The summed E-state index contributed by atoms with van der Waals surface area (Å²) in [6.07, 6.45) is 27.4. The number of carbonyl (C=O) groups excluding carboxylic acids is 6. The molecule has 0 bridgehead atoms. The number of amides is 6. The molecule has 8 aliphatic rings. The van der Waals surface area contributed by atoms with Gasteiger partial charge in [0, 0.05) is 64.4 Å². The average Bonchev–Trinajstić information content (AvgIpc) is 1.68. The zero-order chi connectivity index (χ0) is 71.2. The molecule has 0 radical (unpaired) electrons. The fourth-order valence-electron chi connectivity index (χ4n) is 22.2. The minimum Gasteiger partial charge on any atom is -0.393 e. The van der Waals surface area contributed by atoms with Gasteiger partial charge in [-0.25, -0.2) is 0 Å². The molecule has 10 unspecified atom stereocenters. The quantitative estimate of drug-likeness (QED) is 0.0254. The zero-order valence-corrected chi connectivity index (χ0v) is 62.5. The van der Waals surface area contributed by atoms with Crippen LogP contribution in [0.25, 0.3) is 0 Å². The molecule has 0 heterocycles. The number of rotatable bonds is 43. The van der Waals surface area contributed by atoms with Crippen LogP contribution in [0.1, 0.15) is 254 Å². The van der Waals surface area contributed by atoms with Crippen molar-refractivity contribution in [2.24, 2.45) is 92.7 Å². The van der Waals surface area contributed by atoms with E-state index >= 15 is 0 Å². The summed E-state index contributed by atoms with van der Waals surface area (Å²) in [5.41, 5.74) is 0.785. The first-order valence-corrected chi connectivity index (χ1v) is 40.2. The van der Waals surface area contributed by atoms with Crippen LogP contribution < -0.4 is 31.9 Å². The number of unbranched alkanes of at least 4 members (excludes halogenated alkanes) is 6. The van der Waals surface area contributed by atoms with E-state index in [-0.39, 0.29) is 140 Å². The second kappa shape index (κ2) is 39.6. The van der Waals surface area contributed by atoms with Crippen molar-refractivity contribution in [2.45, 2.75) is 284 Å². The predicted octanol–water partition coefficient (Wildman–Crippen LogP) is 9.63. The summed E-state index contributed by atoms with van der Waals surface area (Å²) in [5.74, 6) is 4.67. The van der Waals surface area contributed by atoms with Crippen LogP contribution in [0.15, 0.2) is 0 Å². The van der Waals surface area contributed by atoms with Crippen LogP contribution in [0.4, 0.5) is 0 Å². The number of ether oxygens (including phenoxy) is 4. The van der Waals surface area contributed by atoms with E-state index in [1.54, 1.807) is 0 Å². The van der Waals surface area contributed by atoms with Gasteiger partial charge in [-0.05, 0) is 240 Å². The minimum atomic E-state index is -0.386. The van der Waals surface area contributed by atoms with E-state index in [2.05, 4.69) is 80.4 Å². The van der Waals surface area contributed by atoms with Gasteiger partial charge in [-0.3, -0.25) is 28.8 Å². The number of hydrogen-bond acceptors (Lipinski definition) is 14. The lowest BCUT2D eigenvalue weighted by Gasteiger charge is -2.62. The molecule has 8 saturated carbocycles. The molecule has 99 heavy (non-hydrogen) atoms. The Morgan fingerprint density at radius 3 is 1.31 bits per heavy atom. The second-order valence-electron chi connectivity index (χ2n) is 33.9. The maximum absolute atomic E-state index is 13.1. The molecular weight excluding hydrogens is 1260 g/mol. The number of hydrogen-bond donors (Lipinski definition) is 10. The molecule has 21 atom stereocenters. The SMILES string of the molecule is CCCCCCCCNC(=O)C[C@H](CCCCNC(=O)COCCOCCNC(=O)CCC(C)[C@H]1CCC2C3C(CC[C@@]21C)[C@@]1(C)CC[C@@H](O)CC1C[C@H]3O)NC(=O)CCCNC(=O)COCCOCCNC(=O)CCC(C)[C@H]1CCC2C3C(CC[C@@]21C)[C@@]1(C)CC[C@@H](O)CC1C[C@H]3O. The zero-order valence-electron chi connectivity index (χ0n) is 62.5. The molecule has 568 valence electrons. The molecule has 0 saturated heterocycles. The van der Waals surface area contributed by atoms with E-state index in [0.29, 0.717) is 156 Å². The van der Waals surface area contributed by atoms with Crippen LogP contribution in [0, 0.1) is 92.7 Å². The van der Waals surface area contributed by atoms with Gasteiger partial charge in [-0.1, -0.05) is 80.6 Å². The summed E-state index contributed by atoms with van der Waals surface area (Å²) >= 11 is 0. The molecule has 0 aromatic heterocycles. The van der Waals surface area contributed by atoms with Gasteiger partial charge in [0.15, 0.2) is 0 Å². The first-order valence-electron chi connectivity index (χ1n) is 40.2. The maximum atomic E-state index is 13.1. The van der Waals surface area contributed by atoms with Crippen molar-refractivity contribution >= 4 is 35.4 Å². The topological polar surface area (TPSA) is 292 Å². The monoisotopic (exact) mass is 1400 g/mol. The van der Waals surface area contributed by atoms with E-state index in [9.17, 15) is 49.2 Å². The Bertz CT molecular complexity index is 2510. The molecule has 0 aromatic rings. The Labute approximate surface area is 595 Å². The van der Waals surface area contributed by atoms with E-state index in [0.717, 1.165) is 122 Å². The highest BCUT2D eigenvalue weighted by molar-refractivity contribution is 5.80. The lowest BCUT2D eigenvalue weighted by Crippen LogP contribution is -2.58. The minimum absolute atomic E-state index is 0.0230. The van der Waals surface area contributed by atoms with Crippen LogP contribution >= 0.6 is 0 Å². The van der Waals surface area contributed by atoms with Crippen molar-refractivity contribution in [2.75, 3.05) is 85.6 Å². The maximum Gasteiger partial charge on any atom is 0.245 e. The molecule has 20 nitrogen and oxygen atoms in total. The van der Waals surface area contributed by atoms with Gasteiger partial charge in [0.05, 0.1) is 64.1 Å². The van der Waals surface area contributed by atoms with Crippen molar-refractivity contribution in [3.05, 3.63) is 0 Å². The van der Waals surface area contributed by atoms with Crippen molar-refractivity contribution in [3.63, 3.8) is 0 Å². The van der Waals surface area contributed by atoms with Gasteiger partial charge >= 0.3 is 0 Å². The van der Waals surface area contributed by atoms with Crippen LogP contribution in [0.2, 0.25) is 0 Å². The van der Waals surface area contributed by atoms with Gasteiger partial charge in [0.1, 0.15) is 13.2 Å². The van der Waals surface area contributed by atoms with Crippen molar-refractivity contribution in [1.29, 1.82) is 0 Å². The Morgan fingerprint density at radius 1 is 0.404 bits per heavy atom. The van der Waals surface area contributed by atoms with Crippen LogP contribution in [0.5, 0.6) is 0 Å². The normalized spacial score (nSPS) is 34.6. The van der Waals surface area contributed by atoms with E-state index in [4.69, 9.17) is 18.9 Å². The predicted molar refractivity (Wildman–Crippen MR) is 383 cm³/mol. The third kappa shape index (κ3) is 22.3. The highest BCUT2D eigenvalue weighted by Gasteiger charge is 2.65. The molecule has 6 amide bonds. The lowest BCUT2D eigenvalue weighted by atomic mass is 9.43. The van der Waals surface area contributed by atoms with Crippen LogP contribution in [0.3, 0.4) is 0 Å². The summed E-state index contributed by atoms with van der Waals surface area (Å²) in [6, 6.07) is -0.386. The molecule has 0 aromatic carbocycles. The highest BCUT2D eigenvalue weighted by atomic mass is 16.5. The third-order valence-corrected chi connectivity index (χ3v) is 27.7. The molecule has 0 aliphatic heterocycles. The standard InChI is InChI=1S/C79H138N6O14/c1-8-9-10-11-12-14-35-80-71(93)50-57(17-13-15-36-81-72(94)51-98-44-42-96-40-38-83-68(90)25-19-53(2)60-21-23-62-74-64(29-33-78(60,62)6)76(4)31-27-58(86)46-55(76)48-66(74)88)85-70(92)18-16-37-82-73(95)52-99-45-43-97-41-39-84-69(91)26-20-54(3)61-22-24-63-75-65(30-34-79(61,63)7)77(5)32-28-59(87)47-56(77)49-67(75)89/h53-67,74-75,86-89H,8-52H2,1-7H3,(H,80,93)(H,81,94)(H,82,95)(H,83,90)(H,84,91)(H,85,92)/t53?,54?,55?,56?,57-,58+,59+,60+,61+,62?,63?,64?,65?,66+,67+,74?,75?,76-,77-,78+,79+/m0/s1. The van der Waals surface area contributed by atoms with Gasteiger partial charge in [0.2, 0.25) is 35.4 Å². The van der Waals surface area contributed by atoms with E-state index in [1.807, 2.05) is 0 Å². The van der Waals surface area contributed by atoms with Crippen molar-refractivity contribution < 1.29 is 68.1 Å². The average molecular weight is 1400 g/mol. The summed E-state index contributed by atoms with van der Waals surface area (Å²) < 4.78 is 22.4. The Kier molecular flexibility index (Phi) is 32.4. The Morgan fingerprint density at radius 2 is 0.818 bits per heavy atom. The summed E-state index contributed by atoms with van der Waals surface area (Å²) in [7, 11) is 0. The summed E-state index contributed by atoms with van der Waals surface area (Å²) in [4.78, 5) is 77.1. The van der Waals surface area contributed by atoms with Gasteiger partial charge in [-0.2, -0.15) is 0 Å². The van der Waals surface area contributed by atoms with E-state index < -0.39 is 0 Å². The fraction of sp³-hybridized carbons (Fsp3) is 0.924. The van der Waals surface area contributed by atoms with Gasteiger partial charge in [-0.15, -0.1) is 0 Å².